The normalized spacial score (nSPS) is 15.4. The van der Waals surface area contributed by atoms with E-state index in [-0.39, 0.29) is 5.41 Å². The first-order chi connectivity index (χ1) is 6.31. The Morgan fingerprint density at radius 3 is 1.53 bits per heavy atom. The Bertz CT molecular complexity index is 236. The molecule has 0 aromatic rings. The molecule has 0 N–H and O–H groups in total. The van der Waals surface area contributed by atoms with Crippen molar-refractivity contribution in [3.05, 3.63) is 16.4 Å². The monoisotopic (exact) mass is 242 g/mol. The quantitative estimate of drug-likeness (QED) is 0.618. The molecule has 1 nitrogen and oxygen atoms in total. The molecule has 90 valence electrons. The predicted octanol–water partition coefficient (Wildman–Crippen LogP) is 5.00. The minimum absolute atomic E-state index is 0.195. The van der Waals surface area contributed by atoms with E-state index in [1.165, 1.54) is 5.70 Å². The van der Waals surface area contributed by atoms with E-state index in [2.05, 4.69) is 65.8 Å². The first kappa shape index (κ1) is 15.0. The maximum Gasteiger partial charge on any atom is 0.0667 e. The summed E-state index contributed by atoms with van der Waals surface area (Å²) in [6.45, 7) is 20.8. The van der Waals surface area contributed by atoms with E-state index >= 15 is 0 Å². The van der Waals surface area contributed by atoms with Crippen molar-refractivity contribution in [2.45, 2.75) is 60.1 Å². The van der Waals surface area contributed by atoms with Gasteiger partial charge in [0, 0.05) is 0 Å². The van der Waals surface area contributed by atoms with Crippen LogP contribution in [-0.2, 0) is 0 Å². The SMILES string of the molecule is CC(C)(C)/C(=C/[Si](C)(C)C)[N-][Si](C)(C)C. The van der Waals surface area contributed by atoms with Crippen molar-refractivity contribution in [1.29, 1.82) is 0 Å². The highest BCUT2D eigenvalue weighted by molar-refractivity contribution is 6.83. The fraction of sp³-hybridized carbons (Fsp3) is 0.833. The van der Waals surface area contributed by atoms with E-state index in [1.807, 2.05) is 0 Å². The lowest BCUT2D eigenvalue weighted by atomic mass is 9.94. The molecule has 0 saturated heterocycles. The van der Waals surface area contributed by atoms with Gasteiger partial charge in [-0.25, -0.2) is 0 Å². The molecule has 0 heterocycles. The minimum Gasteiger partial charge on any atom is -0.691 e. The average molecular weight is 243 g/mol. The van der Waals surface area contributed by atoms with Gasteiger partial charge in [-0.05, 0) is 13.7 Å². The molecule has 0 aromatic carbocycles. The fourth-order valence-corrected chi connectivity index (χ4v) is 3.76. The Labute approximate surface area is 98.5 Å². The molecule has 0 atom stereocenters. The Morgan fingerprint density at radius 1 is 0.933 bits per heavy atom. The van der Waals surface area contributed by atoms with Gasteiger partial charge < -0.3 is 4.98 Å². The van der Waals surface area contributed by atoms with E-state index in [4.69, 9.17) is 4.98 Å². The molecule has 0 aromatic heterocycles. The maximum atomic E-state index is 5.00. The molecule has 0 unspecified atom stereocenters. The highest BCUT2D eigenvalue weighted by Crippen LogP contribution is 2.34. The maximum absolute atomic E-state index is 5.00. The van der Waals surface area contributed by atoms with Crippen LogP contribution in [0.1, 0.15) is 20.8 Å². The van der Waals surface area contributed by atoms with Crippen LogP contribution in [-0.4, -0.2) is 16.3 Å². The first-order valence-corrected chi connectivity index (χ1v) is 12.8. The summed E-state index contributed by atoms with van der Waals surface area (Å²) in [5.41, 5.74) is 3.99. The van der Waals surface area contributed by atoms with Crippen molar-refractivity contribution >= 4 is 16.3 Å². The van der Waals surface area contributed by atoms with Gasteiger partial charge in [0.2, 0.25) is 0 Å². The van der Waals surface area contributed by atoms with Gasteiger partial charge in [0.05, 0.1) is 8.07 Å². The molecule has 15 heavy (non-hydrogen) atoms. The van der Waals surface area contributed by atoms with E-state index in [1.54, 1.807) is 0 Å². The standard InChI is InChI=1S/C12H28NSi2/c1-12(2,3)11(10-14(4,5)6)13-15(7,8)9/h10H,1-9H3/q-1/b11-10-. The van der Waals surface area contributed by atoms with Crippen LogP contribution in [0.25, 0.3) is 4.98 Å². The second-order valence-corrected chi connectivity index (χ2v) is 17.0. The van der Waals surface area contributed by atoms with Crippen LogP contribution in [0.15, 0.2) is 11.4 Å². The molecule has 0 radical (unpaired) electrons. The predicted molar refractivity (Wildman–Crippen MR) is 77.6 cm³/mol. The molecule has 0 rings (SSSR count). The van der Waals surface area contributed by atoms with Crippen molar-refractivity contribution in [2.24, 2.45) is 5.41 Å². The molecule has 0 amide bonds. The number of nitrogens with zero attached hydrogens (tertiary/aromatic N) is 1. The van der Waals surface area contributed by atoms with E-state index in [9.17, 15) is 0 Å². The topological polar surface area (TPSA) is 14.1 Å². The summed E-state index contributed by atoms with van der Waals surface area (Å²) in [7, 11) is -2.51. The Kier molecular flexibility index (Phi) is 4.45. The summed E-state index contributed by atoms with van der Waals surface area (Å²) in [4.78, 5) is 5.00. The summed E-state index contributed by atoms with van der Waals surface area (Å²) >= 11 is 0. The van der Waals surface area contributed by atoms with Gasteiger partial charge in [-0.15, -0.1) is 5.70 Å². The van der Waals surface area contributed by atoms with Crippen molar-refractivity contribution in [2.75, 3.05) is 0 Å². The minimum atomic E-state index is -1.35. The van der Waals surface area contributed by atoms with E-state index in [0.717, 1.165) is 0 Å². The molecule has 0 aliphatic carbocycles. The highest BCUT2D eigenvalue weighted by Gasteiger charge is 2.17. The molecule has 0 saturated carbocycles. The molecule has 0 fully saturated rings. The number of allylic oxidation sites excluding steroid dienone is 1. The van der Waals surface area contributed by atoms with Gasteiger partial charge in [-0.3, -0.25) is 0 Å². The summed E-state index contributed by atoms with van der Waals surface area (Å²) in [5, 5.41) is 0. The number of hydrogen-bond donors (Lipinski definition) is 0. The zero-order valence-electron chi connectivity index (χ0n) is 12.0. The van der Waals surface area contributed by atoms with E-state index < -0.39 is 16.3 Å². The summed E-state index contributed by atoms with van der Waals surface area (Å²) in [6.07, 6.45) is 0. The first-order valence-electron chi connectivity index (χ1n) is 5.77. The average Bonchev–Trinajstić information content (AvgIpc) is 1.75. The Hall–Kier alpha value is -0.0262. The molecule has 0 spiro atoms. The van der Waals surface area contributed by atoms with Crippen LogP contribution < -0.4 is 0 Å². The number of rotatable bonds is 3. The van der Waals surface area contributed by atoms with Crippen molar-refractivity contribution < 1.29 is 0 Å². The Morgan fingerprint density at radius 2 is 1.33 bits per heavy atom. The van der Waals surface area contributed by atoms with Gasteiger partial charge in [-0.1, -0.05) is 60.1 Å². The van der Waals surface area contributed by atoms with Gasteiger partial charge in [0.1, 0.15) is 0 Å². The summed E-state index contributed by atoms with van der Waals surface area (Å²) in [5.74, 6) is 0. The van der Waals surface area contributed by atoms with E-state index in [0.29, 0.717) is 0 Å². The van der Waals surface area contributed by atoms with Gasteiger partial charge in [-0.2, -0.15) is 5.70 Å². The van der Waals surface area contributed by atoms with Gasteiger partial charge >= 0.3 is 0 Å². The summed E-state index contributed by atoms with van der Waals surface area (Å²) < 4.78 is 0. The largest absolute Gasteiger partial charge is 0.691 e. The van der Waals surface area contributed by atoms with Crippen LogP contribution in [0.3, 0.4) is 0 Å². The second-order valence-electron chi connectivity index (χ2n) is 7.43. The van der Waals surface area contributed by atoms with Gasteiger partial charge in [0.15, 0.2) is 0 Å². The third kappa shape index (κ3) is 7.85. The van der Waals surface area contributed by atoms with Crippen molar-refractivity contribution in [1.82, 2.24) is 0 Å². The third-order valence-corrected chi connectivity index (χ3v) is 3.85. The molecule has 0 aliphatic rings. The summed E-state index contributed by atoms with van der Waals surface area (Å²) in [6, 6.07) is 0. The molecule has 0 aliphatic heterocycles. The lowest BCUT2D eigenvalue weighted by Gasteiger charge is -2.46. The molecule has 3 heteroatoms. The zero-order chi connectivity index (χ0) is 12.5. The molecular weight excluding hydrogens is 214 g/mol. The van der Waals surface area contributed by atoms with Gasteiger partial charge in [0.25, 0.3) is 0 Å². The highest BCUT2D eigenvalue weighted by atomic mass is 28.3. The van der Waals surface area contributed by atoms with Crippen LogP contribution in [0.5, 0.6) is 0 Å². The zero-order valence-corrected chi connectivity index (χ0v) is 14.0. The van der Waals surface area contributed by atoms with Crippen LogP contribution in [0, 0.1) is 5.41 Å². The van der Waals surface area contributed by atoms with Crippen LogP contribution >= 0.6 is 0 Å². The third-order valence-electron chi connectivity index (χ3n) is 1.79. The molecular formula is C12H28NSi2-. The molecule has 0 bridgehead atoms. The Balaban J connectivity index is 5.02. The van der Waals surface area contributed by atoms with Crippen molar-refractivity contribution in [3.8, 4) is 0 Å². The second kappa shape index (κ2) is 4.46. The van der Waals surface area contributed by atoms with Crippen LogP contribution in [0.4, 0.5) is 0 Å². The lowest BCUT2D eigenvalue weighted by Crippen LogP contribution is -2.27. The number of hydrogen-bond acceptors (Lipinski definition) is 0. The smallest absolute Gasteiger partial charge is 0.0667 e. The fourth-order valence-electron chi connectivity index (χ4n) is 1.19. The van der Waals surface area contributed by atoms with Crippen LogP contribution in [0.2, 0.25) is 39.3 Å². The lowest BCUT2D eigenvalue weighted by molar-refractivity contribution is 0.515. The van der Waals surface area contributed by atoms with Crippen molar-refractivity contribution in [3.63, 3.8) is 0 Å².